The van der Waals surface area contributed by atoms with Crippen molar-refractivity contribution in [2.24, 2.45) is 5.92 Å². The summed E-state index contributed by atoms with van der Waals surface area (Å²) in [6.45, 7) is 8.08. The molecule has 0 aromatic heterocycles. The standard InChI is InChI=1S/C12H26N2O/c1-12(2,15)10-14(4)9-11-5-7-13(3)8-6-11/h11,15H,5-10H2,1-4H3. The van der Waals surface area contributed by atoms with Gasteiger partial charge in [-0.15, -0.1) is 0 Å². The van der Waals surface area contributed by atoms with E-state index >= 15 is 0 Å². The maximum Gasteiger partial charge on any atom is 0.0718 e. The van der Waals surface area contributed by atoms with E-state index in [0.717, 1.165) is 19.0 Å². The van der Waals surface area contributed by atoms with Gasteiger partial charge in [0, 0.05) is 13.1 Å². The number of rotatable bonds is 4. The normalized spacial score (nSPS) is 21.2. The first kappa shape index (κ1) is 12.9. The molecule has 1 fully saturated rings. The molecule has 1 rings (SSSR count). The fourth-order valence-corrected chi connectivity index (χ4v) is 2.41. The van der Waals surface area contributed by atoms with Crippen molar-refractivity contribution < 1.29 is 5.11 Å². The Morgan fingerprint density at radius 2 is 1.87 bits per heavy atom. The Hall–Kier alpha value is -0.120. The fourth-order valence-electron chi connectivity index (χ4n) is 2.41. The van der Waals surface area contributed by atoms with Gasteiger partial charge in [0.1, 0.15) is 0 Å². The van der Waals surface area contributed by atoms with E-state index in [2.05, 4.69) is 23.9 Å². The van der Waals surface area contributed by atoms with Crippen LogP contribution in [0, 0.1) is 5.92 Å². The topological polar surface area (TPSA) is 26.7 Å². The van der Waals surface area contributed by atoms with Crippen LogP contribution in [0.1, 0.15) is 26.7 Å². The van der Waals surface area contributed by atoms with E-state index in [1.54, 1.807) is 0 Å². The van der Waals surface area contributed by atoms with Crippen molar-refractivity contribution in [3.63, 3.8) is 0 Å². The zero-order chi connectivity index (χ0) is 11.5. The van der Waals surface area contributed by atoms with Gasteiger partial charge < -0.3 is 14.9 Å². The number of aliphatic hydroxyl groups is 1. The van der Waals surface area contributed by atoms with Crippen LogP contribution in [0.3, 0.4) is 0 Å². The average Bonchev–Trinajstić information content (AvgIpc) is 2.05. The molecule has 90 valence electrons. The second-order valence-corrected chi connectivity index (χ2v) is 5.76. The van der Waals surface area contributed by atoms with E-state index in [1.807, 2.05) is 13.8 Å². The maximum atomic E-state index is 9.71. The summed E-state index contributed by atoms with van der Waals surface area (Å²) < 4.78 is 0. The number of likely N-dealkylation sites (N-methyl/N-ethyl adjacent to an activating group) is 1. The Morgan fingerprint density at radius 1 is 1.33 bits per heavy atom. The number of nitrogens with zero attached hydrogens (tertiary/aromatic N) is 2. The van der Waals surface area contributed by atoms with E-state index in [9.17, 15) is 5.11 Å². The molecule has 0 aliphatic carbocycles. The average molecular weight is 214 g/mol. The van der Waals surface area contributed by atoms with Crippen LogP contribution in [0.4, 0.5) is 0 Å². The molecule has 0 radical (unpaired) electrons. The lowest BCUT2D eigenvalue weighted by Crippen LogP contribution is -2.41. The summed E-state index contributed by atoms with van der Waals surface area (Å²) >= 11 is 0. The molecule has 0 unspecified atom stereocenters. The second kappa shape index (κ2) is 5.28. The molecule has 0 atom stereocenters. The molecule has 0 bridgehead atoms. The highest BCUT2D eigenvalue weighted by Gasteiger charge is 2.21. The smallest absolute Gasteiger partial charge is 0.0718 e. The van der Waals surface area contributed by atoms with Crippen LogP contribution in [-0.4, -0.2) is 60.8 Å². The Labute approximate surface area is 94.1 Å². The predicted octanol–water partition coefficient (Wildman–Crippen LogP) is 1.03. The first-order chi connectivity index (χ1) is 6.87. The predicted molar refractivity (Wildman–Crippen MR) is 64.0 cm³/mol. The summed E-state index contributed by atoms with van der Waals surface area (Å²) in [5.74, 6) is 0.813. The van der Waals surface area contributed by atoms with Gasteiger partial charge in [-0.1, -0.05) is 0 Å². The zero-order valence-corrected chi connectivity index (χ0v) is 10.7. The Kier molecular flexibility index (Phi) is 4.56. The van der Waals surface area contributed by atoms with Crippen LogP contribution in [0.15, 0.2) is 0 Å². The molecule has 0 aromatic carbocycles. The van der Waals surface area contributed by atoms with Crippen LogP contribution in [0.5, 0.6) is 0 Å². The van der Waals surface area contributed by atoms with E-state index in [1.165, 1.54) is 25.9 Å². The highest BCUT2D eigenvalue weighted by molar-refractivity contribution is 4.75. The minimum absolute atomic E-state index is 0.569. The monoisotopic (exact) mass is 214 g/mol. The van der Waals surface area contributed by atoms with Crippen LogP contribution in [0.25, 0.3) is 0 Å². The van der Waals surface area contributed by atoms with Crippen molar-refractivity contribution in [2.45, 2.75) is 32.3 Å². The SMILES string of the molecule is CN1CCC(CN(C)CC(C)(C)O)CC1. The highest BCUT2D eigenvalue weighted by atomic mass is 16.3. The van der Waals surface area contributed by atoms with Crippen molar-refractivity contribution in [3.05, 3.63) is 0 Å². The van der Waals surface area contributed by atoms with Crippen LogP contribution < -0.4 is 0 Å². The number of hydrogen-bond donors (Lipinski definition) is 1. The Morgan fingerprint density at radius 3 is 2.33 bits per heavy atom. The van der Waals surface area contributed by atoms with Crippen molar-refractivity contribution in [3.8, 4) is 0 Å². The molecule has 0 amide bonds. The van der Waals surface area contributed by atoms with Crippen molar-refractivity contribution in [1.82, 2.24) is 9.80 Å². The molecule has 1 aliphatic heterocycles. The lowest BCUT2D eigenvalue weighted by molar-refractivity contribution is 0.0366. The zero-order valence-electron chi connectivity index (χ0n) is 10.7. The lowest BCUT2D eigenvalue weighted by atomic mass is 9.96. The van der Waals surface area contributed by atoms with Gasteiger partial charge in [-0.25, -0.2) is 0 Å². The molecule has 3 nitrogen and oxygen atoms in total. The molecule has 1 saturated heterocycles. The van der Waals surface area contributed by atoms with Crippen molar-refractivity contribution in [1.29, 1.82) is 0 Å². The van der Waals surface area contributed by atoms with E-state index in [4.69, 9.17) is 0 Å². The minimum atomic E-state index is -0.569. The third-order valence-corrected chi connectivity index (χ3v) is 3.06. The molecule has 1 heterocycles. The Bertz CT molecular complexity index is 181. The molecule has 15 heavy (non-hydrogen) atoms. The van der Waals surface area contributed by atoms with Gasteiger partial charge in [-0.3, -0.25) is 0 Å². The van der Waals surface area contributed by atoms with Crippen LogP contribution in [-0.2, 0) is 0 Å². The maximum absolute atomic E-state index is 9.71. The summed E-state index contributed by atoms with van der Waals surface area (Å²) in [5.41, 5.74) is -0.569. The molecule has 1 N–H and O–H groups in total. The van der Waals surface area contributed by atoms with Crippen LogP contribution in [0.2, 0.25) is 0 Å². The summed E-state index contributed by atoms with van der Waals surface area (Å²) in [4.78, 5) is 4.66. The summed E-state index contributed by atoms with van der Waals surface area (Å²) in [7, 11) is 4.30. The Balaban J connectivity index is 2.23. The third kappa shape index (κ3) is 5.50. The first-order valence-corrected chi connectivity index (χ1v) is 5.96. The third-order valence-electron chi connectivity index (χ3n) is 3.06. The van der Waals surface area contributed by atoms with Gasteiger partial charge in [-0.2, -0.15) is 0 Å². The van der Waals surface area contributed by atoms with E-state index in [0.29, 0.717) is 0 Å². The van der Waals surface area contributed by atoms with Gasteiger partial charge in [0.25, 0.3) is 0 Å². The summed E-state index contributed by atoms with van der Waals surface area (Å²) in [6.07, 6.45) is 2.60. The molecule has 1 aliphatic rings. The molecular weight excluding hydrogens is 188 g/mol. The second-order valence-electron chi connectivity index (χ2n) is 5.76. The van der Waals surface area contributed by atoms with Crippen LogP contribution >= 0.6 is 0 Å². The quantitative estimate of drug-likeness (QED) is 0.757. The lowest BCUT2D eigenvalue weighted by Gasteiger charge is -2.33. The highest BCUT2D eigenvalue weighted by Crippen LogP contribution is 2.17. The molecule has 0 aromatic rings. The van der Waals surface area contributed by atoms with Gasteiger partial charge >= 0.3 is 0 Å². The number of likely N-dealkylation sites (tertiary alicyclic amines) is 1. The molecule has 3 heteroatoms. The number of piperidine rings is 1. The van der Waals surface area contributed by atoms with Crippen molar-refractivity contribution >= 4 is 0 Å². The fraction of sp³-hybridized carbons (Fsp3) is 1.00. The van der Waals surface area contributed by atoms with Gasteiger partial charge in [-0.05, 0) is 59.8 Å². The summed E-state index contributed by atoms with van der Waals surface area (Å²) in [5, 5.41) is 9.71. The number of hydrogen-bond acceptors (Lipinski definition) is 3. The molecule has 0 saturated carbocycles. The molecule has 0 spiro atoms. The minimum Gasteiger partial charge on any atom is -0.389 e. The molecular formula is C12H26N2O. The van der Waals surface area contributed by atoms with Gasteiger partial charge in [0.2, 0.25) is 0 Å². The summed E-state index contributed by atoms with van der Waals surface area (Å²) in [6, 6.07) is 0. The van der Waals surface area contributed by atoms with Crippen molar-refractivity contribution in [2.75, 3.05) is 40.3 Å². The van der Waals surface area contributed by atoms with E-state index < -0.39 is 5.60 Å². The van der Waals surface area contributed by atoms with Gasteiger partial charge in [0.05, 0.1) is 5.60 Å². The van der Waals surface area contributed by atoms with E-state index in [-0.39, 0.29) is 0 Å². The van der Waals surface area contributed by atoms with Gasteiger partial charge in [0.15, 0.2) is 0 Å². The largest absolute Gasteiger partial charge is 0.389 e. The first-order valence-electron chi connectivity index (χ1n) is 5.96.